The number of hydrogen-bond acceptors (Lipinski definition) is 4. The van der Waals surface area contributed by atoms with Gasteiger partial charge in [-0.1, -0.05) is 13.3 Å². The van der Waals surface area contributed by atoms with Gasteiger partial charge in [0, 0.05) is 24.3 Å². The molecule has 88 valence electrons. The van der Waals surface area contributed by atoms with Crippen LogP contribution < -0.4 is 5.73 Å². The molecule has 2 N–H and O–H groups in total. The molecule has 0 unspecified atom stereocenters. The second-order valence-corrected chi connectivity index (χ2v) is 5.21. The van der Waals surface area contributed by atoms with Gasteiger partial charge < -0.3 is 10.6 Å². The van der Waals surface area contributed by atoms with E-state index in [0.29, 0.717) is 18.1 Å². The van der Waals surface area contributed by atoms with Gasteiger partial charge in [0.1, 0.15) is 0 Å². The van der Waals surface area contributed by atoms with E-state index in [1.54, 1.807) is 0 Å². The Labute approximate surface area is 99.5 Å². The van der Waals surface area contributed by atoms with E-state index in [1.165, 1.54) is 11.3 Å². The lowest BCUT2D eigenvalue weighted by Gasteiger charge is -2.26. The number of fused-ring (bicyclic) bond motifs is 1. The highest BCUT2D eigenvalue weighted by Crippen LogP contribution is 2.26. The van der Waals surface area contributed by atoms with Crippen LogP contribution in [-0.2, 0) is 17.8 Å². The van der Waals surface area contributed by atoms with Crippen LogP contribution in [0.1, 0.15) is 36.8 Å². The lowest BCUT2D eigenvalue weighted by molar-refractivity contribution is -0.132. The number of aromatic nitrogens is 1. The van der Waals surface area contributed by atoms with Crippen molar-refractivity contribution in [3.8, 4) is 0 Å². The zero-order valence-electron chi connectivity index (χ0n) is 9.53. The second-order valence-electron chi connectivity index (χ2n) is 4.09. The molecule has 0 saturated heterocycles. The molecule has 1 aliphatic heterocycles. The zero-order valence-corrected chi connectivity index (χ0v) is 10.3. The zero-order chi connectivity index (χ0) is 11.5. The minimum atomic E-state index is 0.263. The van der Waals surface area contributed by atoms with Crippen molar-refractivity contribution in [2.75, 3.05) is 12.3 Å². The number of amides is 1. The Hall–Kier alpha value is -1.10. The van der Waals surface area contributed by atoms with E-state index >= 15 is 0 Å². The number of carbonyl (C=O) groups is 1. The highest BCUT2D eigenvalue weighted by molar-refractivity contribution is 7.15. The molecular weight excluding hydrogens is 222 g/mol. The largest absolute Gasteiger partial charge is 0.375 e. The molecule has 1 amide bonds. The minimum absolute atomic E-state index is 0.263. The topological polar surface area (TPSA) is 59.2 Å². The fourth-order valence-corrected chi connectivity index (χ4v) is 2.81. The number of nitrogens with two attached hydrogens (primary N) is 1. The van der Waals surface area contributed by atoms with Crippen molar-refractivity contribution >= 4 is 22.4 Å². The van der Waals surface area contributed by atoms with Crippen LogP contribution in [0.3, 0.4) is 0 Å². The van der Waals surface area contributed by atoms with Gasteiger partial charge in [-0.15, -0.1) is 11.3 Å². The number of rotatable bonds is 3. The van der Waals surface area contributed by atoms with E-state index in [2.05, 4.69) is 11.9 Å². The lowest BCUT2D eigenvalue weighted by Crippen LogP contribution is -2.35. The Morgan fingerprint density at radius 2 is 2.44 bits per heavy atom. The van der Waals surface area contributed by atoms with Gasteiger partial charge >= 0.3 is 0 Å². The molecule has 1 aromatic heterocycles. The standard InChI is InChI=1S/C11H17N3OS/c1-2-3-4-10(15)14-6-5-8-9(7-14)16-11(12)13-8/h2-7H2,1H3,(H2,12,13). The minimum Gasteiger partial charge on any atom is -0.375 e. The Bertz CT molecular complexity index is 389. The van der Waals surface area contributed by atoms with Crippen LogP contribution in [0.5, 0.6) is 0 Å². The first-order valence-corrected chi connectivity index (χ1v) is 6.54. The molecule has 1 aliphatic rings. The maximum absolute atomic E-state index is 11.9. The number of unbranched alkanes of at least 4 members (excludes halogenated alkanes) is 1. The molecule has 4 nitrogen and oxygen atoms in total. The van der Waals surface area contributed by atoms with E-state index in [1.807, 2.05) is 4.90 Å². The van der Waals surface area contributed by atoms with Crippen molar-refractivity contribution in [2.24, 2.45) is 0 Å². The van der Waals surface area contributed by atoms with Gasteiger partial charge in [0.25, 0.3) is 0 Å². The number of nitrogen functional groups attached to an aromatic ring is 1. The molecule has 0 bridgehead atoms. The van der Waals surface area contributed by atoms with E-state index < -0.39 is 0 Å². The summed E-state index contributed by atoms with van der Waals surface area (Å²) in [5, 5.41) is 0.618. The van der Waals surface area contributed by atoms with E-state index in [0.717, 1.165) is 36.4 Å². The van der Waals surface area contributed by atoms with Crippen molar-refractivity contribution in [3.63, 3.8) is 0 Å². The summed E-state index contributed by atoms with van der Waals surface area (Å²) in [6, 6.07) is 0. The average molecular weight is 239 g/mol. The Morgan fingerprint density at radius 1 is 1.62 bits per heavy atom. The second kappa shape index (κ2) is 4.82. The lowest BCUT2D eigenvalue weighted by atomic mass is 10.1. The van der Waals surface area contributed by atoms with Crippen molar-refractivity contribution in [1.29, 1.82) is 0 Å². The Kier molecular flexibility index (Phi) is 3.43. The Morgan fingerprint density at radius 3 is 3.19 bits per heavy atom. The fraction of sp³-hybridized carbons (Fsp3) is 0.636. The van der Waals surface area contributed by atoms with Crippen LogP contribution >= 0.6 is 11.3 Å². The summed E-state index contributed by atoms with van der Waals surface area (Å²) in [5.41, 5.74) is 6.75. The summed E-state index contributed by atoms with van der Waals surface area (Å²) < 4.78 is 0. The molecule has 0 aromatic carbocycles. The summed E-state index contributed by atoms with van der Waals surface area (Å²) in [4.78, 5) is 19.2. The number of carbonyl (C=O) groups excluding carboxylic acids is 1. The smallest absolute Gasteiger partial charge is 0.222 e. The molecule has 0 fully saturated rings. The summed E-state index contributed by atoms with van der Waals surface area (Å²) >= 11 is 1.51. The van der Waals surface area contributed by atoms with Gasteiger partial charge in [-0.05, 0) is 6.42 Å². The van der Waals surface area contributed by atoms with Gasteiger partial charge in [0.2, 0.25) is 5.91 Å². The maximum Gasteiger partial charge on any atom is 0.222 e. The van der Waals surface area contributed by atoms with Gasteiger partial charge in [-0.2, -0.15) is 0 Å². The third-order valence-corrected chi connectivity index (χ3v) is 3.76. The molecule has 16 heavy (non-hydrogen) atoms. The molecule has 0 radical (unpaired) electrons. The first kappa shape index (κ1) is 11.4. The predicted octanol–water partition coefficient (Wildman–Crippen LogP) is 1.80. The molecule has 0 spiro atoms. The van der Waals surface area contributed by atoms with E-state index in [9.17, 15) is 4.79 Å². The van der Waals surface area contributed by atoms with E-state index in [4.69, 9.17) is 5.73 Å². The Balaban J connectivity index is 1.99. The van der Waals surface area contributed by atoms with Gasteiger partial charge in [0.15, 0.2) is 5.13 Å². The number of nitrogens with zero attached hydrogens (tertiary/aromatic N) is 2. The maximum atomic E-state index is 11.9. The summed E-state index contributed by atoms with van der Waals surface area (Å²) in [5.74, 6) is 0.263. The normalized spacial score (nSPS) is 14.9. The summed E-state index contributed by atoms with van der Waals surface area (Å²) in [7, 11) is 0. The van der Waals surface area contributed by atoms with Gasteiger partial charge in [-0.3, -0.25) is 4.79 Å². The third kappa shape index (κ3) is 2.35. The third-order valence-electron chi connectivity index (χ3n) is 2.84. The highest BCUT2D eigenvalue weighted by Gasteiger charge is 2.22. The molecule has 0 aliphatic carbocycles. The predicted molar refractivity (Wildman–Crippen MR) is 65.2 cm³/mol. The van der Waals surface area contributed by atoms with Gasteiger partial charge in [-0.25, -0.2) is 4.98 Å². The molecule has 5 heteroatoms. The number of hydrogen-bond donors (Lipinski definition) is 1. The number of thiazole rings is 1. The SMILES string of the molecule is CCCCC(=O)N1CCc2nc(N)sc2C1. The first-order valence-electron chi connectivity index (χ1n) is 5.72. The van der Waals surface area contributed by atoms with Crippen LogP contribution in [0.25, 0.3) is 0 Å². The average Bonchev–Trinajstić information content (AvgIpc) is 2.64. The molecule has 2 rings (SSSR count). The van der Waals surface area contributed by atoms with Crippen molar-refractivity contribution in [2.45, 2.75) is 39.2 Å². The van der Waals surface area contributed by atoms with Gasteiger partial charge in [0.05, 0.1) is 12.2 Å². The first-order chi connectivity index (χ1) is 7.70. The van der Waals surface area contributed by atoms with Crippen LogP contribution in [0.2, 0.25) is 0 Å². The van der Waals surface area contributed by atoms with Crippen LogP contribution in [-0.4, -0.2) is 22.3 Å². The molecule has 0 atom stereocenters. The molecule has 0 saturated carbocycles. The van der Waals surface area contributed by atoms with Crippen molar-refractivity contribution in [1.82, 2.24) is 9.88 Å². The van der Waals surface area contributed by atoms with Crippen molar-refractivity contribution in [3.05, 3.63) is 10.6 Å². The molecular formula is C11H17N3OS. The monoisotopic (exact) mass is 239 g/mol. The van der Waals surface area contributed by atoms with E-state index in [-0.39, 0.29) is 5.91 Å². The van der Waals surface area contributed by atoms with Crippen molar-refractivity contribution < 1.29 is 4.79 Å². The summed E-state index contributed by atoms with van der Waals surface area (Å²) in [6.45, 7) is 3.59. The van der Waals surface area contributed by atoms with Crippen LogP contribution in [0.4, 0.5) is 5.13 Å². The highest BCUT2D eigenvalue weighted by atomic mass is 32.1. The quantitative estimate of drug-likeness (QED) is 0.875. The number of anilines is 1. The fourth-order valence-electron chi connectivity index (χ4n) is 1.91. The van der Waals surface area contributed by atoms with Crippen LogP contribution in [0, 0.1) is 0 Å². The molecule has 2 heterocycles. The molecule has 1 aromatic rings. The summed E-state index contributed by atoms with van der Waals surface area (Å²) in [6.07, 6.45) is 3.56. The van der Waals surface area contributed by atoms with Crippen LogP contribution in [0.15, 0.2) is 0 Å².